The summed E-state index contributed by atoms with van der Waals surface area (Å²) in [6.45, 7) is 0.0933. The second-order valence-corrected chi connectivity index (χ2v) is 4.56. The van der Waals surface area contributed by atoms with Crippen molar-refractivity contribution in [1.29, 1.82) is 0 Å². The Bertz CT molecular complexity index is 325. The summed E-state index contributed by atoms with van der Waals surface area (Å²) in [5.74, 6) is -3.58. The van der Waals surface area contributed by atoms with E-state index in [1.54, 1.807) is 0 Å². The van der Waals surface area contributed by atoms with Crippen LogP contribution in [0.4, 0.5) is 0 Å². The van der Waals surface area contributed by atoms with Gasteiger partial charge in [0.1, 0.15) is 24.4 Å². The van der Waals surface area contributed by atoms with E-state index in [1.165, 1.54) is 6.92 Å². The Kier molecular flexibility index (Phi) is 5.21. The van der Waals surface area contributed by atoms with E-state index in [-0.39, 0.29) is 0 Å². The minimum absolute atomic E-state index is 0.538. The average molecular weight is 281 g/mol. The van der Waals surface area contributed by atoms with E-state index in [0.29, 0.717) is 0 Å². The maximum Gasteiger partial charge on any atom is 0.323 e. The first-order valence-electron chi connectivity index (χ1n) is 5.74. The third-order valence-electron chi connectivity index (χ3n) is 3.03. The molecular weight excluding hydrogens is 262 g/mol. The van der Waals surface area contributed by atoms with Crippen molar-refractivity contribution in [3.05, 3.63) is 0 Å². The van der Waals surface area contributed by atoms with Gasteiger partial charge in [0.25, 0.3) is 0 Å². The third-order valence-corrected chi connectivity index (χ3v) is 3.03. The number of nitrogens with one attached hydrogen (secondary N) is 1. The van der Waals surface area contributed by atoms with Gasteiger partial charge in [0.05, 0.1) is 19.3 Å². The fraction of sp³-hybridized carbons (Fsp3) is 0.900. The second kappa shape index (κ2) is 6.09. The normalized spacial score (nSPS) is 38.1. The number of hydrogen-bond acceptors (Lipinski definition) is 8. The molecule has 0 aromatic carbocycles. The minimum Gasteiger partial charge on any atom is -0.480 e. The van der Waals surface area contributed by atoms with Gasteiger partial charge in [0.2, 0.25) is 5.79 Å². The maximum absolute atomic E-state index is 10.8. The third kappa shape index (κ3) is 3.39. The first-order chi connectivity index (χ1) is 8.73. The Labute approximate surface area is 109 Å². The van der Waals surface area contributed by atoms with Crippen molar-refractivity contribution in [3.8, 4) is 0 Å². The van der Waals surface area contributed by atoms with Crippen molar-refractivity contribution in [1.82, 2.24) is 5.32 Å². The molecule has 1 aliphatic heterocycles. The second-order valence-electron chi connectivity index (χ2n) is 4.56. The highest BCUT2D eigenvalue weighted by atomic mass is 16.7. The Morgan fingerprint density at radius 1 is 1.47 bits per heavy atom. The fourth-order valence-corrected chi connectivity index (χ4v) is 1.88. The van der Waals surface area contributed by atoms with Gasteiger partial charge in [-0.25, -0.2) is 0 Å². The molecule has 1 aliphatic rings. The highest BCUT2D eigenvalue weighted by Crippen LogP contribution is 2.28. The standard InChI is InChI=1S/C10H19NO8/c1-4(13)6(9(16)17)11-3-10(18)8(15)7(14)5(2-12)19-10/h4-8,11-15,18H,2-3H2,1H3,(H,16,17)/t4-,5-,6+,7-,8+,10?/m1/s1. The van der Waals surface area contributed by atoms with Crippen LogP contribution in [0.3, 0.4) is 0 Å². The highest BCUT2D eigenvalue weighted by Gasteiger charge is 2.53. The van der Waals surface area contributed by atoms with Crippen LogP contribution in [-0.2, 0) is 9.53 Å². The number of carbonyl (C=O) groups is 1. The summed E-state index contributed by atoms with van der Waals surface area (Å²) in [4.78, 5) is 10.8. The molecule has 1 fully saturated rings. The highest BCUT2D eigenvalue weighted by molar-refractivity contribution is 5.74. The number of carboxylic acid groups (broad SMARTS) is 1. The zero-order chi connectivity index (χ0) is 14.8. The molecule has 1 rings (SSSR count). The number of aliphatic carboxylic acids is 1. The van der Waals surface area contributed by atoms with E-state index in [1.807, 2.05) is 0 Å². The SMILES string of the molecule is C[C@@H](O)[C@H](NCC1(O)O[C@H](CO)[C@@H](O)[C@@H]1O)C(=O)O. The molecule has 0 amide bonds. The summed E-state index contributed by atoms with van der Waals surface area (Å²) >= 11 is 0. The van der Waals surface area contributed by atoms with Gasteiger partial charge >= 0.3 is 5.97 Å². The monoisotopic (exact) mass is 281 g/mol. The molecule has 9 nitrogen and oxygen atoms in total. The number of ether oxygens (including phenoxy) is 1. The van der Waals surface area contributed by atoms with E-state index >= 15 is 0 Å². The van der Waals surface area contributed by atoms with Gasteiger partial charge < -0.3 is 35.4 Å². The first-order valence-corrected chi connectivity index (χ1v) is 5.74. The van der Waals surface area contributed by atoms with Crippen LogP contribution in [0.25, 0.3) is 0 Å². The van der Waals surface area contributed by atoms with E-state index in [9.17, 15) is 25.2 Å². The lowest BCUT2D eigenvalue weighted by atomic mass is 10.0. The lowest BCUT2D eigenvalue weighted by molar-refractivity contribution is -0.228. The van der Waals surface area contributed by atoms with E-state index < -0.39 is 55.4 Å². The quantitative estimate of drug-likeness (QED) is 0.259. The van der Waals surface area contributed by atoms with Gasteiger partial charge in [-0.15, -0.1) is 0 Å². The molecule has 0 aliphatic carbocycles. The molecule has 1 unspecified atom stereocenters. The molecular formula is C10H19NO8. The Morgan fingerprint density at radius 2 is 2.05 bits per heavy atom. The average Bonchev–Trinajstić information content (AvgIpc) is 2.53. The van der Waals surface area contributed by atoms with Gasteiger partial charge in [0, 0.05) is 0 Å². The molecule has 112 valence electrons. The number of aliphatic hydroxyl groups excluding tert-OH is 4. The van der Waals surface area contributed by atoms with Crippen molar-refractivity contribution >= 4 is 5.97 Å². The molecule has 0 radical (unpaired) electrons. The summed E-state index contributed by atoms with van der Waals surface area (Å²) in [6, 6.07) is -1.37. The topological polar surface area (TPSA) is 160 Å². The molecule has 0 bridgehead atoms. The summed E-state index contributed by atoms with van der Waals surface area (Å²) in [5.41, 5.74) is 0. The van der Waals surface area contributed by atoms with Crippen LogP contribution in [0.15, 0.2) is 0 Å². The Balaban J connectivity index is 2.68. The van der Waals surface area contributed by atoms with Crippen LogP contribution in [0.2, 0.25) is 0 Å². The number of aliphatic hydroxyl groups is 5. The zero-order valence-corrected chi connectivity index (χ0v) is 10.3. The molecule has 0 saturated carbocycles. The maximum atomic E-state index is 10.8. The smallest absolute Gasteiger partial charge is 0.323 e. The van der Waals surface area contributed by atoms with Crippen LogP contribution in [-0.4, -0.2) is 86.0 Å². The van der Waals surface area contributed by atoms with Gasteiger partial charge in [-0.3, -0.25) is 10.1 Å². The van der Waals surface area contributed by atoms with Crippen LogP contribution < -0.4 is 5.32 Å². The zero-order valence-electron chi connectivity index (χ0n) is 10.3. The van der Waals surface area contributed by atoms with Gasteiger partial charge in [-0.05, 0) is 6.92 Å². The fourth-order valence-electron chi connectivity index (χ4n) is 1.88. The van der Waals surface area contributed by atoms with Crippen molar-refractivity contribution < 1.29 is 40.2 Å². The molecule has 0 aromatic heterocycles. The van der Waals surface area contributed by atoms with E-state index in [2.05, 4.69) is 5.32 Å². The minimum atomic E-state index is -2.24. The summed E-state index contributed by atoms with van der Waals surface area (Å²) in [7, 11) is 0. The molecule has 9 heteroatoms. The predicted molar refractivity (Wildman–Crippen MR) is 60.0 cm³/mol. The van der Waals surface area contributed by atoms with Gasteiger partial charge in [-0.2, -0.15) is 0 Å². The van der Waals surface area contributed by atoms with Crippen molar-refractivity contribution in [2.45, 2.75) is 43.2 Å². The van der Waals surface area contributed by atoms with Gasteiger partial charge in [0.15, 0.2) is 0 Å². The molecule has 1 heterocycles. The molecule has 7 N–H and O–H groups in total. The van der Waals surface area contributed by atoms with Crippen molar-refractivity contribution in [3.63, 3.8) is 0 Å². The lowest BCUT2D eigenvalue weighted by Crippen LogP contribution is -2.55. The molecule has 19 heavy (non-hydrogen) atoms. The first kappa shape index (κ1) is 16.2. The van der Waals surface area contributed by atoms with Crippen LogP contribution in [0.1, 0.15) is 6.92 Å². The van der Waals surface area contributed by atoms with E-state index in [0.717, 1.165) is 0 Å². The summed E-state index contributed by atoms with van der Waals surface area (Å²) in [6.07, 6.45) is -5.61. The Hall–Kier alpha value is -0.810. The molecule has 1 saturated heterocycles. The largest absolute Gasteiger partial charge is 0.480 e. The van der Waals surface area contributed by atoms with Crippen molar-refractivity contribution in [2.24, 2.45) is 0 Å². The van der Waals surface area contributed by atoms with Crippen molar-refractivity contribution in [2.75, 3.05) is 13.2 Å². The molecule has 6 atom stereocenters. The summed E-state index contributed by atoms with van der Waals surface area (Å²) in [5, 5.41) is 58.3. The molecule has 0 aromatic rings. The number of rotatable bonds is 6. The van der Waals surface area contributed by atoms with Crippen LogP contribution in [0.5, 0.6) is 0 Å². The molecule has 0 spiro atoms. The lowest BCUT2D eigenvalue weighted by Gasteiger charge is -2.28. The predicted octanol–water partition coefficient (Wildman–Crippen LogP) is -3.79. The van der Waals surface area contributed by atoms with Crippen LogP contribution >= 0.6 is 0 Å². The Morgan fingerprint density at radius 3 is 2.42 bits per heavy atom. The van der Waals surface area contributed by atoms with Gasteiger partial charge in [-0.1, -0.05) is 0 Å². The summed E-state index contributed by atoms with van der Waals surface area (Å²) < 4.78 is 4.90. The van der Waals surface area contributed by atoms with Crippen LogP contribution in [0, 0.1) is 0 Å². The van der Waals surface area contributed by atoms with E-state index in [4.69, 9.17) is 14.9 Å². The number of hydrogen-bond donors (Lipinski definition) is 7. The number of carboxylic acids is 1.